The standard InChI is InChI=1S/C15H20N4OS/c1-4-7-16-11(3)13-6-5-12(9-17-13)21-15-18-10(2)8-14(20)19-15/h5-6,8-9,11,16H,4,7H2,1-3H3,(H,18,19,20). The van der Waals surface area contributed by atoms with Crippen LogP contribution >= 0.6 is 11.8 Å². The highest BCUT2D eigenvalue weighted by molar-refractivity contribution is 7.99. The fraction of sp³-hybridized carbons (Fsp3) is 0.400. The molecule has 2 heterocycles. The van der Waals surface area contributed by atoms with Crippen LogP contribution in [0.4, 0.5) is 0 Å². The number of hydrogen-bond acceptors (Lipinski definition) is 5. The average Bonchev–Trinajstić information content (AvgIpc) is 2.44. The normalized spacial score (nSPS) is 12.3. The quantitative estimate of drug-likeness (QED) is 0.803. The topological polar surface area (TPSA) is 70.7 Å². The third kappa shape index (κ3) is 4.68. The Morgan fingerprint density at radius 3 is 2.86 bits per heavy atom. The first-order chi connectivity index (χ1) is 10.1. The molecule has 0 radical (unpaired) electrons. The van der Waals surface area contributed by atoms with Gasteiger partial charge in [0, 0.05) is 28.9 Å². The molecule has 0 aliphatic heterocycles. The van der Waals surface area contributed by atoms with E-state index in [1.54, 1.807) is 0 Å². The maximum atomic E-state index is 11.4. The number of H-pyrrole nitrogens is 1. The van der Waals surface area contributed by atoms with Crippen LogP contribution < -0.4 is 10.9 Å². The van der Waals surface area contributed by atoms with E-state index in [-0.39, 0.29) is 11.6 Å². The van der Waals surface area contributed by atoms with Gasteiger partial charge in [0.05, 0.1) is 5.69 Å². The van der Waals surface area contributed by atoms with Gasteiger partial charge in [0.15, 0.2) is 5.16 Å². The number of aromatic amines is 1. The molecule has 2 rings (SSSR count). The third-order valence-electron chi connectivity index (χ3n) is 2.97. The Bertz CT molecular complexity index is 639. The van der Waals surface area contributed by atoms with Crippen LogP contribution in [0.15, 0.2) is 39.2 Å². The first-order valence-electron chi connectivity index (χ1n) is 7.03. The van der Waals surface area contributed by atoms with Gasteiger partial charge in [-0.15, -0.1) is 0 Å². The van der Waals surface area contributed by atoms with Crippen LogP contribution in [0, 0.1) is 6.92 Å². The summed E-state index contributed by atoms with van der Waals surface area (Å²) >= 11 is 1.40. The monoisotopic (exact) mass is 304 g/mol. The van der Waals surface area contributed by atoms with Crippen LogP contribution in [-0.2, 0) is 0 Å². The van der Waals surface area contributed by atoms with Gasteiger partial charge in [0.1, 0.15) is 0 Å². The molecule has 5 nitrogen and oxygen atoms in total. The summed E-state index contributed by atoms with van der Waals surface area (Å²) in [6.07, 6.45) is 2.91. The molecule has 0 aliphatic carbocycles. The molecule has 0 bridgehead atoms. The van der Waals surface area contributed by atoms with Gasteiger partial charge in [-0.2, -0.15) is 0 Å². The summed E-state index contributed by atoms with van der Waals surface area (Å²) < 4.78 is 0. The number of pyridine rings is 1. The van der Waals surface area contributed by atoms with Crippen molar-refractivity contribution in [3.63, 3.8) is 0 Å². The summed E-state index contributed by atoms with van der Waals surface area (Å²) in [5.74, 6) is 0. The maximum absolute atomic E-state index is 11.4. The number of aryl methyl sites for hydroxylation is 1. The smallest absolute Gasteiger partial charge is 0.251 e. The molecule has 0 fully saturated rings. The molecule has 0 spiro atoms. The summed E-state index contributed by atoms with van der Waals surface area (Å²) in [5.41, 5.74) is 1.59. The number of hydrogen-bond donors (Lipinski definition) is 2. The Morgan fingerprint density at radius 1 is 1.43 bits per heavy atom. The van der Waals surface area contributed by atoms with E-state index >= 15 is 0 Å². The van der Waals surface area contributed by atoms with E-state index in [9.17, 15) is 4.79 Å². The van der Waals surface area contributed by atoms with Gasteiger partial charge in [-0.3, -0.25) is 9.78 Å². The van der Waals surface area contributed by atoms with Crippen molar-refractivity contribution in [3.8, 4) is 0 Å². The summed E-state index contributed by atoms with van der Waals surface area (Å²) in [7, 11) is 0. The minimum atomic E-state index is -0.132. The summed E-state index contributed by atoms with van der Waals surface area (Å²) in [4.78, 5) is 23.8. The highest BCUT2D eigenvalue weighted by Gasteiger charge is 2.07. The van der Waals surface area contributed by atoms with Crippen molar-refractivity contribution < 1.29 is 0 Å². The van der Waals surface area contributed by atoms with Crippen LogP contribution in [0.3, 0.4) is 0 Å². The predicted octanol–water partition coefficient (Wildman–Crippen LogP) is 2.69. The second kappa shape index (κ2) is 7.38. The molecule has 21 heavy (non-hydrogen) atoms. The molecular weight excluding hydrogens is 284 g/mol. The Labute approximate surface area is 128 Å². The zero-order valence-corrected chi connectivity index (χ0v) is 13.3. The van der Waals surface area contributed by atoms with E-state index in [0.29, 0.717) is 10.9 Å². The minimum absolute atomic E-state index is 0.132. The summed E-state index contributed by atoms with van der Waals surface area (Å²) in [6, 6.07) is 5.72. The lowest BCUT2D eigenvalue weighted by atomic mass is 10.2. The van der Waals surface area contributed by atoms with Gasteiger partial charge >= 0.3 is 0 Å². The molecule has 2 aromatic heterocycles. The molecular formula is C15H20N4OS. The van der Waals surface area contributed by atoms with Crippen molar-refractivity contribution in [1.29, 1.82) is 0 Å². The number of nitrogens with zero attached hydrogens (tertiary/aromatic N) is 2. The van der Waals surface area contributed by atoms with Crippen LogP contribution in [0.2, 0.25) is 0 Å². The molecule has 1 atom stereocenters. The second-order valence-corrected chi connectivity index (χ2v) is 5.95. The zero-order chi connectivity index (χ0) is 15.2. The van der Waals surface area contributed by atoms with Crippen LogP contribution in [-0.4, -0.2) is 21.5 Å². The number of rotatable bonds is 6. The van der Waals surface area contributed by atoms with E-state index in [4.69, 9.17) is 0 Å². The number of aromatic nitrogens is 3. The molecule has 1 unspecified atom stereocenters. The van der Waals surface area contributed by atoms with Crippen LogP contribution in [0.1, 0.15) is 37.7 Å². The van der Waals surface area contributed by atoms with Gasteiger partial charge in [-0.05, 0) is 38.9 Å². The van der Waals surface area contributed by atoms with Gasteiger partial charge in [-0.25, -0.2) is 4.98 Å². The van der Waals surface area contributed by atoms with Crippen molar-refractivity contribution in [1.82, 2.24) is 20.3 Å². The van der Waals surface area contributed by atoms with Crippen molar-refractivity contribution in [2.45, 2.75) is 43.3 Å². The lowest BCUT2D eigenvalue weighted by Gasteiger charge is -2.12. The van der Waals surface area contributed by atoms with E-state index in [1.807, 2.05) is 25.3 Å². The predicted molar refractivity (Wildman–Crippen MR) is 84.7 cm³/mol. The largest absolute Gasteiger partial charge is 0.309 e. The molecule has 6 heteroatoms. The second-order valence-electron chi connectivity index (χ2n) is 4.89. The fourth-order valence-corrected chi connectivity index (χ4v) is 2.69. The Kier molecular flexibility index (Phi) is 5.52. The first kappa shape index (κ1) is 15.7. The van der Waals surface area contributed by atoms with E-state index in [1.165, 1.54) is 17.8 Å². The van der Waals surface area contributed by atoms with Gasteiger partial charge < -0.3 is 10.3 Å². The van der Waals surface area contributed by atoms with E-state index in [0.717, 1.165) is 23.6 Å². The Hall–Kier alpha value is -1.66. The first-order valence-corrected chi connectivity index (χ1v) is 7.85. The molecule has 0 amide bonds. The minimum Gasteiger partial charge on any atom is -0.309 e. The van der Waals surface area contributed by atoms with Crippen molar-refractivity contribution in [2.24, 2.45) is 0 Å². The van der Waals surface area contributed by atoms with Crippen molar-refractivity contribution >= 4 is 11.8 Å². The lowest BCUT2D eigenvalue weighted by molar-refractivity contribution is 0.558. The maximum Gasteiger partial charge on any atom is 0.251 e. The fourth-order valence-electron chi connectivity index (χ4n) is 1.89. The molecule has 0 saturated heterocycles. The van der Waals surface area contributed by atoms with Gasteiger partial charge in [-0.1, -0.05) is 18.7 Å². The van der Waals surface area contributed by atoms with Gasteiger partial charge in [0.25, 0.3) is 5.56 Å². The van der Waals surface area contributed by atoms with Crippen molar-refractivity contribution in [2.75, 3.05) is 6.54 Å². The van der Waals surface area contributed by atoms with Crippen LogP contribution in [0.5, 0.6) is 0 Å². The van der Waals surface area contributed by atoms with Gasteiger partial charge in [0.2, 0.25) is 0 Å². The third-order valence-corrected chi connectivity index (χ3v) is 3.83. The average molecular weight is 304 g/mol. The van der Waals surface area contributed by atoms with E-state index < -0.39 is 0 Å². The Balaban J connectivity index is 2.06. The molecule has 0 aliphatic rings. The summed E-state index contributed by atoms with van der Waals surface area (Å²) in [6.45, 7) is 7.03. The molecule has 2 N–H and O–H groups in total. The SMILES string of the molecule is CCCNC(C)c1ccc(Sc2nc(C)cc(=O)[nH]2)cn1. The van der Waals surface area contributed by atoms with Crippen LogP contribution in [0.25, 0.3) is 0 Å². The van der Waals surface area contributed by atoms with Crippen molar-refractivity contribution in [3.05, 3.63) is 46.1 Å². The highest BCUT2D eigenvalue weighted by atomic mass is 32.2. The molecule has 112 valence electrons. The lowest BCUT2D eigenvalue weighted by Crippen LogP contribution is -2.20. The zero-order valence-electron chi connectivity index (χ0n) is 12.5. The van der Waals surface area contributed by atoms with E-state index in [2.05, 4.69) is 34.1 Å². The highest BCUT2D eigenvalue weighted by Crippen LogP contribution is 2.24. The summed E-state index contributed by atoms with van der Waals surface area (Å²) in [5, 5.41) is 3.99. The molecule has 0 aromatic carbocycles. The Morgan fingerprint density at radius 2 is 2.24 bits per heavy atom. The molecule has 0 saturated carbocycles. The molecule has 2 aromatic rings. The number of nitrogens with one attached hydrogen (secondary N) is 2.